The largest absolute Gasteiger partial charge is 0.440 e. The summed E-state index contributed by atoms with van der Waals surface area (Å²) in [6.45, 7) is 79.7. The lowest BCUT2D eigenvalue weighted by molar-refractivity contribution is 0.410. The molecule has 0 saturated carbocycles. The number of aromatic nitrogens is 6. The summed E-state index contributed by atoms with van der Waals surface area (Å²) in [6.07, 6.45) is 0. The van der Waals surface area contributed by atoms with Crippen LogP contribution in [-0.2, 0) is 65.0 Å². The van der Waals surface area contributed by atoms with E-state index in [2.05, 4.69) is 393 Å². The molecule has 0 amide bonds. The fourth-order valence-corrected chi connectivity index (χ4v) is 13.6. The third kappa shape index (κ3) is 21.2. The Bertz CT molecular complexity index is 4300. The summed E-state index contributed by atoms with van der Waals surface area (Å²) >= 11 is 3.73. The van der Waals surface area contributed by atoms with Gasteiger partial charge in [-0.1, -0.05) is 292 Å². The molecular formula is C92H130N6O2S2. The lowest BCUT2D eigenvalue weighted by Gasteiger charge is -2.21. The fourth-order valence-electron chi connectivity index (χ4n) is 11.2. The van der Waals surface area contributed by atoms with Crippen molar-refractivity contribution in [3.8, 4) is 0 Å². The van der Waals surface area contributed by atoms with E-state index in [4.69, 9.17) is 8.83 Å². The van der Waals surface area contributed by atoms with Crippen LogP contribution in [0.4, 0.5) is 0 Å². The summed E-state index contributed by atoms with van der Waals surface area (Å²) in [6, 6.07) is 39.5. The first kappa shape index (κ1) is 82.4. The van der Waals surface area contributed by atoms with Gasteiger partial charge in [-0.15, -0.1) is 22.7 Å². The van der Waals surface area contributed by atoms with E-state index in [1.54, 1.807) is 0 Å². The highest BCUT2D eigenvalue weighted by atomic mass is 32.1. The second kappa shape index (κ2) is 29.2. The number of imidazole rings is 2. The lowest BCUT2D eigenvalue weighted by Crippen LogP contribution is -2.13. The van der Waals surface area contributed by atoms with E-state index in [-0.39, 0.29) is 65.0 Å². The van der Waals surface area contributed by atoms with Crippen LogP contribution in [0.2, 0.25) is 0 Å². The molecule has 0 atom stereocenters. The Labute approximate surface area is 624 Å². The average molecular weight is 1420 g/mol. The molecule has 0 aliphatic rings. The second-order valence-electron chi connectivity index (χ2n) is 40.8. The maximum Gasteiger partial charge on any atom is 0.200 e. The number of nitrogens with one attached hydrogen (secondary N) is 2. The van der Waals surface area contributed by atoms with Crippen LogP contribution in [0.25, 0.3) is 64.4 Å². The first-order valence-corrected chi connectivity index (χ1v) is 38.7. The summed E-state index contributed by atoms with van der Waals surface area (Å²) < 4.78 is 14.5. The van der Waals surface area contributed by atoms with Crippen molar-refractivity contribution in [2.45, 2.75) is 314 Å². The van der Waals surface area contributed by atoms with Gasteiger partial charge in [0.2, 0.25) is 11.8 Å². The Morgan fingerprint density at radius 2 is 0.588 bits per heavy atom. The van der Waals surface area contributed by atoms with Crippen LogP contribution in [0.1, 0.15) is 317 Å². The number of aromatic amines is 2. The molecule has 0 spiro atoms. The zero-order chi connectivity index (χ0) is 77.1. The van der Waals surface area contributed by atoms with E-state index in [9.17, 15) is 0 Å². The van der Waals surface area contributed by atoms with Crippen molar-refractivity contribution in [1.29, 1.82) is 0 Å². The first-order valence-electron chi connectivity index (χ1n) is 37.0. The predicted molar refractivity (Wildman–Crippen MR) is 448 cm³/mol. The average Bonchev–Trinajstić information content (AvgIpc) is 1.65. The Kier molecular flexibility index (Phi) is 23.6. The smallest absolute Gasteiger partial charge is 0.200 e. The van der Waals surface area contributed by atoms with Gasteiger partial charge in [0.25, 0.3) is 0 Å². The van der Waals surface area contributed by atoms with Gasteiger partial charge in [0.15, 0.2) is 11.2 Å². The molecule has 2 N–H and O–H groups in total. The van der Waals surface area contributed by atoms with Gasteiger partial charge in [-0.2, -0.15) is 0 Å². The zero-order valence-electron chi connectivity index (χ0n) is 70.0. The first-order chi connectivity index (χ1) is 46.1. The van der Waals surface area contributed by atoms with Crippen LogP contribution >= 0.6 is 22.7 Å². The van der Waals surface area contributed by atoms with Gasteiger partial charge in [-0.25, -0.2) is 19.9 Å². The number of thiophene rings is 2. The van der Waals surface area contributed by atoms with Gasteiger partial charge in [-0.3, -0.25) is 0 Å². The van der Waals surface area contributed by atoms with Gasteiger partial charge in [-0.05, 0) is 176 Å². The molecule has 10 heteroatoms. The molecule has 6 aromatic heterocycles. The lowest BCUT2D eigenvalue weighted by atomic mass is 9.83. The molecule has 0 saturated heterocycles. The maximum atomic E-state index is 5.86. The van der Waals surface area contributed by atoms with E-state index in [0.29, 0.717) is 0 Å². The molecule has 0 aliphatic heterocycles. The number of H-pyrrole nitrogens is 2. The number of fused-ring (bicyclic) bond motifs is 6. The fraction of sp³-hybridized carbons (Fsp3) is 0.522. The highest BCUT2D eigenvalue weighted by molar-refractivity contribution is 7.17. The standard InChI is InChI=1S/2C16H22S.2C15H22N2.2C15H21NO/c1-15(2,3)11-7-8-14-12(9-11)13(10-17-14)16(4,5)6;1-15(2,3)11-7-8-12-13(16(4,5)6)10-17-14(12)9-11;2*1-14(2,3)10-7-8-11-12(9-10)17-13(16-11)15(4,5)6;1-14(2,3)10-7-8-12-11(9-10)16-13(17-12)15(4,5)6;1-14(2,3)10-7-8-11-12(9-10)17-13(16-11)15(4,5)6/h2*7-10H,1-6H3;2*7-9H,1-6H3,(H,16,17);2*7-9H,1-6H3. The van der Waals surface area contributed by atoms with E-state index >= 15 is 0 Å². The molecule has 6 heterocycles. The van der Waals surface area contributed by atoms with Crippen molar-refractivity contribution in [2.75, 3.05) is 0 Å². The van der Waals surface area contributed by atoms with Crippen molar-refractivity contribution in [3.05, 3.63) is 188 Å². The molecule has 12 rings (SSSR count). The van der Waals surface area contributed by atoms with Crippen LogP contribution < -0.4 is 0 Å². The minimum absolute atomic E-state index is 0.0408. The summed E-state index contributed by atoms with van der Waals surface area (Å²) in [4.78, 5) is 25.3. The summed E-state index contributed by atoms with van der Waals surface area (Å²) in [5.41, 5.74) is 20.8. The topological polar surface area (TPSA) is 109 Å². The number of hydrogen-bond donors (Lipinski definition) is 2. The van der Waals surface area contributed by atoms with Crippen LogP contribution in [0.3, 0.4) is 0 Å². The van der Waals surface area contributed by atoms with Crippen LogP contribution in [0, 0.1) is 0 Å². The summed E-state index contributed by atoms with van der Waals surface area (Å²) in [7, 11) is 0. The monoisotopic (exact) mass is 1410 g/mol. The second-order valence-corrected chi connectivity index (χ2v) is 42.6. The van der Waals surface area contributed by atoms with Crippen molar-refractivity contribution in [2.24, 2.45) is 0 Å². The molecular weight excluding hydrogens is 1290 g/mol. The summed E-state index contributed by atoms with van der Waals surface area (Å²) in [5, 5.41) is 7.50. The van der Waals surface area contributed by atoms with E-state index < -0.39 is 0 Å². The van der Waals surface area contributed by atoms with Crippen molar-refractivity contribution in [3.63, 3.8) is 0 Å². The quantitative estimate of drug-likeness (QED) is 0.157. The minimum atomic E-state index is -0.0408. The molecule has 8 nitrogen and oxygen atoms in total. The van der Waals surface area contributed by atoms with Crippen molar-refractivity contribution in [1.82, 2.24) is 29.9 Å². The molecule has 0 bridgehead atoms. The number of nitrogens with zero attached hydrogens (tertiary/aromatic N) is 4. The molecule has 0 unspecified atom stereocenters. The Morgan fingerprint density at radius 3 is 1.00 bits per heavy atom. The van der Waals surface area contributed by atoms with Gasteiger partial charge in [0.1, 0.15) is 22.7 Å². The maximum absolute atomic E-state index is 5.86. The Hall–Kier alpha value is -6.88. The molecule has 0 fully saturated rings. The van der Waals surface area contributed by atoms with Gasteiger partial charge in [0.05, 0.1) is 22.1 Å². The SMILES string of the molecule is CC(C)(C)c1ccc2c(C(C)(C)C)csc2c1.CC(C)(C)c1ccc2nc(C(C)(C)C)[nH]c2c1.CC(C)(C)c1ccc2nc(C(C)(C)C)[nH]c2c1.CC(C)(C)c1ccc2nc(C(C)(C)C)oc2c1.CC(C)(C)c1ccc2oc(C(C)(C)C)nc2c1.CC(C)(C)c1ccc2scc(C(C)(C)C)c2c1. The Balaban J connectivity index is 0.000000172. The number of benzene rings is 6. The van der Waals surface area contributed by atoms with Crippen LogP contribution in [-0.4, -0.2) is 29.9 Å². The molecule has 6 aromatic carbocycles. The highest BCUT2D eigenvalue weighted by Crippen LogP contribution is 2.40. The molecule has 0 aliphatic carbocycles. The van der Waals surface area contributed by atoms with Crippen LogP contribution in [0.5, 0.6) is 0 Å². The van der Waals surface area contributed by atoms with Crippen molar-refractivity contribution >= 4 is 87.1 Å². The van der Waals surface area contributed by atoms with E-state index in [1.165, 1.54) is 64.7 Å². The van der Waals surface area contributed by atoms with E-state index in [1.807, 2.05) is 28.7 Å². The highest BCUT2D eigenvalue weighted by Gasteiger charge is 2.28. The molecule has 0 radical (unpaired) electrons. The van der Waals surface area contributed by atoms with E-state index in [0.717, 1.165) is 67.7 Å². The zero-order valence-corrected chi connectivity index (χ0v) is 71.6. The van der Waals surface area contributed by atoms with Gasteiger partial charge in [0, 0.05) is 31.1 Å². The molecule has 552 valence electrons. The third-order valence-corrected chi connectivity index (χ3v) is 20.3. The summed E-state index contributed by atoms with van der Waals surface area (Å²) in [5.74, 6) is 3.72. The molecule has 12 aromatic rings. The number of rotatable bonds is 0. The third-order valence-electron chi connectivity index (χ3n) is 18.4. The number of hydrogen-bond acceptors (Lipinski definition) is 8. The van der Waals surface area contributed by atoms with Crippen molar-refractivity contribution < 1.29 is 8.83 Å². The van der Waals surface area contributed by atoms with Crippen LogP contribution in [0.15, 0.2) is 129 Å². The number of oxazole rings is 2. The Morgan fingerprint density at radius 1 is 0.255 bits per heavy atom. The van der Waals surface area contributed by atoms with Gasteiger partial charge < -0.3 is 18.8 Å². The normalized spacial score (nSPS) is 13.3. The predicted octanol–water partition coefficient (Wildman–Crippen LogP) is 28.2. The van der Waals surface area contributed by atoms with Gasteiger partial charge >= 0.3 is 0 Å². The minimum Gasteiger partial charge on any atom is -0.440 e. The molecule has 102 heavy (non-hydrogen) atoms.